The molecule has 0 spiro atoms. The van der Waals surface area contributed by atoms with E-state index in [1.165, 1.54) is 129 Å². The first kappa shape index (κ1) is 35.1. The van der Waals surface area contributed by atoms with E-state index < -0.39 is 8.32 Å². The van der Waals surface area contributed by atoms with Crippen LogP contribution in [-0.2, 0) is 4.43 Å². The normalized spacial score (nSPS) is 14.4. The van der Waals surface area contributed by atoms with E-state index in [0.29, 0.717) is 5.41 Å². The fourth-order valence-corrected chi connectivity index (χ4v) is 8.84. The van der Waals surface area contributed by atoms with Crippen molar-refractivity contribution in [3.63, 3.8) is 0 Å². The van der Waals surface area contributed by atoms with Gasteiger partial charge in [0.1, 0.15) is 0 Å². The molecule has 0 aromatic rings. The number of rotatable bonds is 25. The third-order valence-corrected chi connectivity index (χ3v) is 12.5. The molecule has 0 aliphatic rings. The Balaban J connectivity index is 5.64. The molecule has 0 amide bonds. The molecule has 212 valence electrons. The molecule has 0 aromatic carbocycles. The van der Waals surface area contributed by atoms with Crippen molar-refractivity contribution in [1.29, 1.82) is 0 Å². The van der Waals surface area contributed by atoms with E-state index >= 15 is 0 Å². The van der Waals surface area contributed by atoms with Crippen LogP contribution in [0.25, 0.3) is 0 Å². The van der Waals surface area contributed by atoms with E-state index in [2.05, 4.69) is 69.7 Å². The molecule has 0 bridgehead atoms. The summed E-state index contributed by atoms with van der Waals surface area (Å²) in [7, 11) is 0.325. The third-order valence-electron chi connectivity index (χ3n) is 8.50. The number of hydrogen-bond donors (Lipinski definition) is 0. The predicted molar refractivity (Wildman–Crippen MR) is 161 cm³/mol. The first-order valence-electron chi connectivity index (χ1n) is 15.5. The number of hydrogen-bond acceptors (Lipinski definition) is 4. The van der Waals surface area contributed by atoms with Crippen LogP contribution in [0.2, 0.25) is 18.6 Å². The second-order valence-corrected chi connectivity index (χ2v) is 15.7. The van der Waals surface area contributed by atoms with Gasteiger partial charge in [0.2, 0.25) is 0 Å². The second kappa shape index (κ2) is 21.0. The van der Waals surface area contributed by atoms with Gasteiger partial charge in [-0.05, 0) is 141 Å². The highest BCUT2D eigenvalue weighted by Gasteiger charge is 2.39. The van der Waals surface area contributed by atoms with Gasteiger partial charge >= 0.3 is 0 Å². The third kappa shape index (κ3) is 15.2. The quantitative estimate of drug-likeness (QED) is 0.116. The Morgan fingerprint density at radius 2 is 0.914 bits per heavy atom. The van der Waals surface area contributed by atoms with Gasteiger partial charge in [-0.15, -0.1) is 0 Å². The Kier molecular flexibility index (Phi) is 21.1. The van der Waals surface area contributed by atoms with Gasteiger partial charge in [0.25, 0.3) is 0 Å². The van der Waals surface area contributed by atoms with E-state index in [-0.39, 0.29) is 0 Å². The van der Waals surface area contributed by atoms with Crippen molar-refractivity contribution in [3.8, 4) is 0 Å². The first-order chi connectivity index (χ1) is 16.8. The molecule has 35 heavy (non-hydrogen) atoms. The summed E-state index contributed by atoms with van der Waals surface area (Å²) in [6.45, 7) is 29.9. The SMILES string of the molecule is CCCN(CC)CCCC(CCCN(CC)CCC)(CCCN(CC)CCC)C[Si](C)(CC)OC. The molecule has 1 unspecified atom stereocenters. The van der Waals surface area contributed by atoms with Gasteiger partial charge < -0.3 is 19.1 Å². The predicted octanol–water partition coefficient (Wildman–Crippen LogP) is 7.75. The summed E-state index contributed by atoms with van der Waals surface area (Å²) in [5, 5.41) is 0. The molecular weight excluding hydrogens is 446 g/mol. The minimum absolute atomic E-state index is 0.440. The fourth-order valence-electron chi connectivity index (χ4n) is 6.04. The van der Waals surface area contributed by atoms with Crippen molar-refractivity contribution in [2.24, 2.45) is 5.41 Å². The first-order valence-corrected chi connectivity index (χ1v) is 18.4. The Morgan fingerprint density at radius 3 is 1.14 bits per heavy atom. The molecule has 1 atom stereocenters. The molecule has 0 saturated carbocycles. The summed E-state index contributed by atoms with van der Waals surface area (Å²) >= 11 is 0. The van der Waals surface area contributed by atoms with Crippen molar-refractivity contribution in [3.05, 3.63) is 0 Å². The maximum atomic E-state index is 6.31. The van der Waals surface area contributed by atoms with Crippen LogP contribution in [0.4, 0.5) is 0 Å². The second-order valence-electron chi connectivity index (χ2n) is 11.3. The van der Waals surface area contributed by atoms with Crippen molar-refractivity contribution in [2.75, 3.05) is 66.0 Å². The summed E-state index contributed by atoms with van der Waals surface area (Å²) in [6.07, 6.45) is 11.9. The standard InChI is InChI=1S/C30H67N3OSi/c1-10-23-31(13-4)26-17-20-30(29-35(9,16-7)34-8,21-18-27-32(14-5)24-11-2)22-19-28-33(15-6)25-12-3/h10-29H2,1-9H3. The van der Waals surface area contributed by atoms with Crippen LogP contribution < -0.4 is 0 Å². The average molecular weight is 514 g/mol. The Morgan fingerprint density at radius 1 is 0.571 bits per heavy atom. The molecule has 0 radical (unpaired) electrons. The van der Waals surface area contributed by atoms with Crippen molar-refractivity contribution in [2.45, 2.75) is 125 Å². The lowest BCUT2D eigenvalue weighted by Gasteiger charge is -2.41. The van der Waals surface area contributed by atoms with E-state index in [1.54, 1.807) is 0 Å². The van der Waals surface area contributed by atoms with E-state index in [0.717, 1.165) is 0 Å². The van der Waals surface area contributed by atoms with Crippen LogP contribution in [0.3, 0.4) is 0 Å². The van der Waals surface area contributed by atoms with Gasteiger partial charge in [-0.2, -0.15) is 0 Å². The summed E-state index contributed by atoms with van der Waals surface area (Å²) in [5.74, 6) is 0. The summed E-state index contributed by atoms with van der Waals surface area (Å²) in [4.78, 5) is 7.99. The van der Waals surface area contributed by atoms with Crippen LogP contribution in [-0.4, -0.2) is 89.0 Å². The molecule has 0 aromatic heterocycles. The maximum absolute atomic E-state index is 6.31. The van der Waals surface area contributed by atoms with Crippen molar-refractivity contribution < 1.29 is 4.43 Å². The van der Waals surface area contributed by atoms with Gasteiger partial charge in [-0.1, -0.05) is 48.5 Å². The topological polar surface area (TPSA) is 19.0 Å². The van der Waals surface area contributed by atoms with Crippen LogP contribution in [0.5, 0.6) is 0 Å². The molecule has 0 heterocycles. The van der Waals surface area contributed by atoms with E-state index in [9.17, 15) is 0 Å². The van der Waals surface area contributed by atoms with Gasteiger partial charge in [0.15, 0.2) is 8.32 Å². The van der Waals surface area contributed by atoms with Crippen LogP contribution in [0.15, 0.2) is 0 Å². The molecule has 0 saturated heterocycles. The highest BCUT2D eigenvalue weighted by atomic mass is 28.4. The highest BCUT2D eigenvalue weighted by Crippen LogP contribution is 2.44. The van der Waals surface area contributed by atoms with E-state index in [4.69, 9.17) is 4.43 Å². The van der Waals surface area contributed by atoms with Crippen LogP contribution in [0.1, 0.15) is 106 Å². The molecule has 0 aliphatic heterocycles. The van der Waals surface area contributed by atoms with Gasteiger partial charge in [0.05, 0.1) is 0 Å². The molecule has 0 aliphatic carbocycles. The molecule has 5 heteroatoms. The molecule has 4 nitrogen and oxygen atoms in total. The summed E-state index contributed by atoms with van der Waals surface area (Å²) < 4.78 is 6.31. The van der Waals surface area contributed by atoms with Gasteiger partial charge in [0, 0.05) is 7.11 Å². The molecule has 0 rings (SSSR count). The highest BCUT2D eigenvalue weighted by molar-refractivity contribution is 6.72. The minimum Gasteiger partial charge on any atom is -0.420 e. The summed E-state index contributed by atoms with van der Waals surface area (Å²) in [6, 6.07) is 2.57. The Labute approximate surface area is 223 Å². The van der Waals surface area contributed by atoms with Crippen LogP contribution >= 0.6 is 0 Å². The lowest BCUT2D eigenvalue weighted by molar-refractivity contribution is 0.171. The van der Waals surface area contributed by atoms with Gasteiger partial charge in [-0.3, -0.25) is 0 Å². The molecular formula is C30H67N3OSi. The van der Waals surface area contributed by atoms with Crippen molar-refractivity contribution in [1.82, 2.24) is 14.7 Å². The monoisotopic (exact) mass is 514 g/mol. The Hall–Kier alpha value is 0.0569. The Bertz CT molecular complexity index is 422. The van der Waals surface area contributed by atoms with Crippen molar-refractivity contribution >= 4 is 8.32 Å². The largest absolute Gasteiger partial charge is 0.420 e. The van der Waals surface area contributed by atoms with Crippen LogP contribution in [0, 0.1) is 5.41 Å². The zero-order valence-corrected chi connectivity index (χ0v) is 26.9. The maximum Gasteiger partial charge on any atom is 0.189 e. The average Bonchev–Trinajstić information content (AvgIpc) is 2.86. The molecule has 0 N–H and O–H groups in total. The number of nitrogens with zero attached hydrogens (tertiary/aromatic N) is 3. The zero-order chi connectivity index (χ0) is 26.6. The lowest BCUT2D eigenvalue weighted by Crippen LogP contribution is -2.41. The smallest absolute Gasteiger partial charge is 0.189 e. The van der Waals surface area contributed by atoms with E-state index in [1.807, 2.05) is 7.11 Å². The minimum atomic E-state index is -1.68. The fraction of sp³-hybridized carbons (Fsp3) is 1.00. The summed E-state index contributed by atoms with van der Waals surface area (Å²) in [5.41, 5.74) is 0.440. The van der Waals surface area contributed by atoms with Gasteiger partial charge in [-0.25, -0.2) is 0 Å². The lowest BCUT2D eigenvalue weighted by atomic mass is 9.76. The zero-order valence-electron chi connectivity index (χ0n) is 25.9. The molecule has 0 fully saturated rings.